The molecule has 2 aromatic carbocycles. The average molecular weight is 387 g/mol. The van der Waals surface area contributed by atoms with Gasteiger partial charge in [-0.1, -0.05) is 56.6 Å². The van der Waals surface area contributed by atoms with Crippen LogP contribution in [0, 0.1) is 18.2 Å². The van der Waals surface area contributed by atoms with Crippen LogP contribution in [0.5, 0.6) is 0 Å². The van der Waals surface area contributed by atoms with Crippen LogP contribution < -0.4 is 10.6 Å². The standard InChI is InChI=1S/C23H28ClFN2/c1-14-8-9-16-19(10-14)27-13-23(16)17(12-26-20(23)11-22(2,3)4)15-6-5-7-18(24)21(15)25/h5-10,17,20,26-27H,11-13H2,1-4H3/t17-,20?,23-/m1/s1. The molecule has 2 aliphatic rings. The summed E-state index contributed by atoms with van der Waals surface area (Å²) in [6, 6.07) is 12.3. The molecule has 0 amide bonds. The van der Waals surface area contributed by atoms with Crippen molar-refractivity contribution in [2.45, 2.75) is 51.5 Å². The molecule has 2 aromatic rings. The van der Waals surface area contributed by atoms with E-state index in [0.717, 1.165) is 25.1 Å². The van der Waals surface area contributed by atoms with E-state index in [4.69, 9.17) is 11.6 Å². The van der Waals surface area contributed by atoms with E-state index in [2.05, 4.69) is 56.5 Å². The smallest absolute Gasteiger partial charge is 0.145 e. The predicted molar refractivity (Wildman–Crippen MR) is 111 cm³/mol. The molecule has 4 rings (SSSR count). The highest BCUT2D eigenvalue weighted by atomic mass is 35.5. The summed E-state index contributed by atoms with van der Waals surface area (Å²) >= 11 is 6.14. The highest BCUT2D eigenvalue weighted by Gasteiger charge is 2.56. The fraction of sp³-hybridized carbons (Fsp3) is 0.478. The third-order valence-electron chi connectivity index (χ3n) is 6.23. The topological polar surface area (TPSA) is 24.1 Å². The van der Waals surface area contributed by atoms with E-state index in [-0.39, 0.29) is 33.6 Å². The van der Waals surface area contributed by atoms with Crippen LogP contribution in [0.15, 0.2) is 36.4 Å². The highest BCUT2D eigenvalue weighted by Crippen LogP contribution is 2.54. The van der Waals surface area contributed by atoms with Gasteiger partial charge in [-0.3, -0.25) is 0 Å². The van der Waals surface area contributed by atoms with Gasteiger partial charge in [-0.25, -0.2) is 4.39 Å². The van der Waals surface area contributed by atoms with Gasteiger partial charge in [0.05, 0.1) is 5.02 Å². The Balaban J connectivity index is 1.88. The van der Waals surface area contributed by atoms with Crippen LogP contribution >= 0.6 is 11.6 Å². The fourth-order valence-corrected chi connectivity index (χ4v) is 5.26. The van der Waals surface area contributed by atoms with Crippen molar-refractivity contribution >= 4 is 17.3 Å². The molecule has 27 heavy (non-hydrogen) atoms. The summed E-state index contributed by atoms with van der Waals surface area (Å²) < 4.78 is 15.0. The van der Waals surface area contributed by atoms with E-state index >= 15 is 4.39 Å². The molecule has 4 heteroatoms. The molecule has 1 saturated heterocycles. The molecule has 144 valence electrons. The van der Waals surface area contributed by atoms with Gasteiger partial charge in [-0.2, -0.15) is 0 Å². The van der Waals surface area contributed by atoms with Gasteiger partial charge in [0.2, 0.25) is 0 Å². The van der Waals surface area contributed by atoms with E-state index in [0.29, 0.717) is 0 Å². The molecule has 0 bridgehead atoms. The minimum Gasteiger partial charge on any atom is -0.384 e. The van der Waals surface area contributed by atoms with Crippen LogP contribution in [0.25, 0.3) is 0 Å². The Labute approximate surface area is 166 Å². The first-order valence-corrected chi connectivity index (χ1v) is 10.1. The summed E-state index contributed by atoms with van der Waals surface area (Å²) in [5, 5.41) is 7.58. The van der Waals surface area contributed by atoms with E-state index in [1.54, 1.807) is 6.07 Å². The number of anilines is 1. The van der Waals surface area contributed by atoms with Crippen LogP contribution in [-0.2, 0) is 5.41 Å². The van der Waals surface area contributed by atoms with Crippen molar-refractivity contribution in [1.29, 1.82) is 0 Å². The van der Waals surface area contributed by atoms with Crippen molar-refractivity contribution in [3.05, 3.63) is 63.9 Å². The van der Waals surface area contributed by atoms with Crippen molar-refractivity contribution in [1.82, 2.24) is 5.32 Å². The van der Waals surface area contributed by atoms with Crippen molar-refractivity contribution in [3.63, 3.8) is 0 Å². The largest absolute Gasteiger partial charge is 0.384 e. The first-order valence-electron chi connectivity index (χ1n) is 9.75. The first-order chi connectivity index (χ1) is 12.7. The Morgan fingerprint density at radius 1 is 1.22 bits per heavy atom. The van der Waals surface area contributed by atoms with Gasteiger partial charge < -0.3 is 10.6 Å². The Hall–Kier alpha value is -1.58. The van der Waals surface area contributed by atoms with Gasteiger partial charge in [0.1, 0.15) is 5.82 Å². The Kier molecular flexibility index (Phi) is 4.51. The second-order valence-electron chi connectivity index (χ2n) is 9.36. The van der Waals surface area contributed by atoms with Crippen molar-refractivity contribution in [2.75, 3.05) is 18.4 Å². The third-order valence-corrected chi connectivity index (χ3v) is 6.53. The lowest BCUT2D eigenvalue weighted by Gasteiger charge is -2.39. The molecule has 0 aliphatic carbocycles. The van der Waals surface area contributed by atoms with Gasteiger partial charge in [-0.05, 0) is 47.6 Å². The summed E-state index contributed by atoms with van der Waals surface area (Å²) in [5.74, 6) is -0.234. The van der Waals surface area contributed by atoms with Crippen LogP contribution in [0.3, 0.4) is 0 Å². The number of aryl methyl sites for hydroxylation is 1. The lowest BCUT2D eigenvalue weighted by molar-refractivity contribution is 0.259. The number of nitrogens with one attached hydrogen (secondary N) is 2. The molecule has 1 fully saturated rings. The summed E-state index contributed by atoms with van der Waals surface area (Å²) in [5.41, 5.74) is 4.45. The van der Waals surface area contributed by atoms with Crippen molar-refractivity contribution in [2.24, 2.45) is 5.41 Å². The monoisotopic (exact) mass is 386 g/mol. The molecule has 0 saturated carbocycles. The molecule has 2 heterocycles. The maximum Gasteiger partial charge on any atom is 0.145 e. The zero-order valence-electron chi connectivity index (χ0n) is 16.5. The second kappa shape index (κ2) is 6.49. The molecule has 3 atom stereocenters. The SMILES string of the molecule is Cc1ccc2c(c1)NC[C@@]21C(CC(C)(C)C)NC[C@@H]1c1cccc(Cl)c1F. The van der Waals surface area contributed by atoms with Gasteiger partial charge in [0.25, 0.3) is 0 Å². The lowest BCUT2D eigenvalue weighted by atomic mass is 9.64. The van der Waals surface area contributed by atoms with E-state index in [1.165, 1.54) is 16.8 Å². The Morgan fingerprint density at radius 3 is 2.74 bits per heavy atom. The maximum absolute atomic E-state index is 15.0. The number of hydrogen-bond acceptors (Lipinski definition) is 2. The van der Waals surface area contributed by atoms with E-state index < -0.39 is 0 Å². The van der Waals surface area contributed by atoms with Crippen LogP contribution in [0.4, 0.5) is 10.1 Å². The van der Waals surface area contributed by atoms with Gasteiger partial charge in [0.15, 0.2) is 0 Å². The molecule has 1 spiro atoms. The predicted octanol–water partition coefficient (Wildman–Crippen LogP) is 5.64. The van der Waals surface area contributed by atoms with Crippen LogP contribution in [0.1, 0.15) is 49.8 Å². The minimum atomic E-state index is -0.276. The summed E-state index contributed by atoms with van der Waals surface area (Å²) in [4.78, 5) is 0. The minimum absolute atomic E-state index is 0.0417. The van der Waals surface area contributed by atoms with E-state index in [9.17, 15) is 0 Å². The molecule has 2 nitrogen and oxygen atoms in total. The van der Waals surface area contributed by atoms with Gasteiger partial charge >= 0.3 is 0 Å². The quantitative estimate of drug-likeness (QED) is 0.697. The maximum atomic E-state index is 15.0. The number of fused-ring (bicyclic) bond motifs is 2. The van der Waals surface area contributed by atoms with Crippen molar-refractivity contribution in [3.8, 4) is 0 Å². The highest BCUT2D eigenvalue weighted by molar-refractivity contribution is 6.30. The van der Waals surface area contributed by atoms with Crippen LogP contribution in [0.2, 0.25) is 5.02 Å². The van der Waals surface area contributed by atoms with Gasteiger partial charge in [0, 0.05) is 36.2 Å². The molecular weight excluding hydrogens is 359 g/mol. The van der Waals surface area contributed by atoms with Gasteiger partial charge in [-0.15, -0.1) is 0 Å². The fourth-order valence-electron chi connectivity index (χ4n) is 5.08. The summed E-state index contributed by atoms with van der Waals surface area (Å²) in [6.45, 7) is 10.5. The zero-order valence-corrected chi connectivity index (χ0v) is 17.3. The molecule has 1 unspecified atom stereocenters. The Bertz CT molecular complexity index is 873. The average Bonchev–Trinajstić information content (AvgIpc) is 3.12. The lowest BCUT2D eigenvalue weighted by Crippen LogP contribution is -2.46. The number of halogens is 2. The molecule has 0 aromatic heterocycles. The normalized spacial score (nSPS) is 27.0. The first kappa shape index (κ1) is 18.8. The molecule has 2 N–H and O–H groups in total. The molecule has 0 radical (unpaired) electrons. The number of hydrogen-bond donors (Lipinski definition) is 2. The third kappa shape index (κ3) is 3.05. The summed E-state index contributed by atoms with van der Waals surface area (Å²) in [7, 11) is 0. The number of benzene rings is 2. The summed E-state index contributed by atoms with van der Waals surface area (Å²) in [6.07, 6.45) is 1.03. The van der Waals surface area contributed by atoms with Crippen molar-refractivity contribution < 1.29 is 4.39 Å². The van der Waals surface area contributed by atoms with Crippen LogP contribution in [-0.4, -0.2) is 19.1 Å². The van der Waals surface area contributed by atoms with E-state index in [1.807, 2.05) is 12.1 Å². The molecular formula is C23H28ClFN2. The number of rotatable bonds is 2. The zero-order chi connectivity index (χ0) is 19.4. The second-order valence-corrected chi connectivity index (χ2v) is 9.77. The molecule has 2 aliphatic heterocycles. The Morgan fingerprint density at radius 2 is 2.00 bits per heavy atom.